The van der Waals surface area contributed by atoms with Crippen molar-refractivity contribution in [2.75, 3.05) is 16.4 Å². The number of hydrogen-bond donors (Lipinski definition) is 2. The highest BCUT2D eigenvalue weighted by Gasteiger charge is 2.16. The molecule has 33 heavy (non-hydrogen) atoms. The molecule has 1 amide bonds. The van der Waals surface area contributed by atoms with Crippen LogP contribution in [0.4, 0.5) is 11.4 Å². The number of anilines is 2. The van der Waals surface area contributed by atoms with Gasteiger partial charge in [-0.3, -0.25) is 9.36 Å². The van der Waals surface area contributed by atoms with Gasteiger partial charge in [0.15, 0.2) is 11.0 Å². The van der Waals surface area contributed by atoms with Gasteiger partial charge in [0.05, 0.1) is 12.3 Å². The molecule has 9 heteroatoms. The Hall–Kier alpha value is -3.00. The number of benzene rings is 3. The van der Waals surface area contributed by atoms with Crippen LogP contribution >= 0.6 is 35.0 Å². The van der Waals surface area contributed by atoms with Gasteiger partial charge in [0.1, 0.15) is 0 Å². The Morgan fingerprint density at radius 3 is 2.42 bits per heavy atom. The van der Waals surface area contributed by atoms with Crippen molar-refractivity contribution < 1.29 is 4.79 Å². The second kappa shape index (κ2) is 10.7. The summed E-state index contributed by atoms with van der Waals surface area (Å²) in [6.07, 6.45) is 0. The average Bonchev–Trinajstić information content (AvgIpc) is 3.21. The molecule has 4 rings (SSSR count). The van der Waals surface area contributed by atoms with E-state index in [0.29, 0.717) is 27.4 Å². The van der Waals surface area contributed by atoms with Gasteiger partial charge in [-0.15, -0.1) is 10.2 Å². The molecule has 0 saturated heterocycles. The van der Waals surface area contributed by atoms with Crippen molar-refractivity contribution in [3.8, 4) is 5.69 Å². The smallest absolute Gasteiger partial charge is 0.234 e. The minimum Gasteiger partial charge on any atom is -0.378 e. The van der Waals surface area contributed by atoms with Gasteiger partial charge in [0.25, 0.3) is 0 Å². The van der Waals surface area contributed by atoms with Crippen LogP contribution in [0.15, 0.2) is 78.0 Å². The quantitative estimate of drug-likeness (QED) is 0.282. The van der Waals surface area contributed by atoms with Crippen LogP contribution in [0.3, 0.4) is 0 Å². The second-order valence-electron chi connectivity index (χ2n) is 7.28. The number of carbonyl (C=O) groups excluding carboxylic acids is 1. The molecule has 0 spiro atoms. The highest BCUT2D eigenvalue weighted by atomic mass is 35.5. The molecule has 3 aromatic carbocycles. The Morgan fingerprint density at radius 2 is 1.70 bits per heavy atom. The van der Waals surface area contributed by atoms with Crippen LogP contribution in [-0.2, 0) is 11.3 Å². The standard InChI is InChI=1S/C24H21Cl2N5OS/c1-16-5-11-21(12-6-16)31-22(14-27-20-4-2-3-18(26)13-20)29-30-24(31)33-15-23(32)28-19-9-7-17(25)8-10-19/h2-13,27H,14-15H2,1H3,(H,28,32). The molecule has 0 aliphatic rings. The van der Waals surface area contributed by atoms with Gasteiger partial charge >= 0.3 is 0 Å². The normalized spacial score (nSPS) is 10.8. The molecular weight excluding hydrogens is 477 g/mol. The number of aromatic nitrogens is 3. The molecule has 1 aromatic heterocycles. The van der Waals surface area contributed by atoms with E-state index in [1.807, 2.05) is 60.0 Å². The van der Waals surface area contributed by atoms with E-state index < -0.39 is 0 Å². The van der Waals surface area contributed by atoms with Crippen molar-refractivity contribution in [2.24, 2.45) is 0 Å². The van der Waals surface area contributed by atoms with Gasteiger partial charge in [-0.2, -0.15) is 0 Å². The first kappa shape index (κ1) is 23.2. The van der Waals surface area contributed by atoms with Gasteiger partial charge < -0.3 is 10.6 Å². The maximum absolute atomic E-state index is 12.5. The highest BCUT2D eigenvalue weighted by Crippen LogP contribution is 2.24. The predicted molar refractivity (Wildman–Crippen MR) is 136 cm³/mol. The maximum Gasteiger partial charge on any atom is 0.234 e. The van der Waals surface area contributed by atoms with Gasteiger partial charge in [-0.05, 0) is 61.5 Å². The van der Waals surface area contributed by atoms with Crippen molar-refractivity contribution in [3.05, 3.63) is 94.2 Å². The predicted octanol–water partition coefficient (Wildman–Crippen LogP) is 6.23. The molecule has 0 aliphatic heterocycles. The number of rotatable bonds is 8. The van der Waals surface area contributed by atoms with Gasteiger partial charge in [0.2, 0.25) is 5.91 Å². The minimum atomic E-state index is -0.139. The Kier molecular flexibility index (Phi) is 7.54. The summed E-state index contributed by atoms with van der Waals surface area (Å²) in [6.45, 7) is 2.48. The topological polar surface area (TPSA) is 71.8 Å². The van der Waals surface area contributed by atoms with Crippen LogP contribution < -0.4 is 10.6 Å². The van der Waals surface area contributed by atoms with Gasteiger partial charge in [0, 0.05) is 27.1 Å². The molecule has 0 fully saturated rings. The molecule has 0 atom stereocenters. The Labute approximate surface area is 206 Å². The first-order chi connectivity index (χ1) is 16.0. The third-order valence-electron chi connectivity index (χ3n) is 4.73. The molecule has 0 radical (unpaired) electrons. The van der Waals surface area contributed by atoms with Crippen LogP contribution in [0, 0.1) is 6.92 Å². The van der Waals surface area contributed by atoms with Crippen molar-refractivity contribution in [3.63, 3.8) is 0 Å². The van der Waals surface area contributed by atoms with Crippen molar-refractivity contribution in [1.82, 2.24) is 14.8 Å². The molecule has 1 heterocycles. The second-order valence-corrected chi connectivity index (χ2v) is 9.09. The number of amides is 1. The summed E-state index contributed by atoms with van der Waals surface area (Å²) in [5.74, 6) is 0.771. The van der Waals surface area contributed by atoms with E-state index >= 15 is 0 Å². The number of thioether (sulfide) groups is 1. The fourth-order valence-electron chi connectivity index (χ4n) is 3.10. The monoisotopic (exact) mass is 497 g/mol. The molecule has 0 aliphatic carbocycles. The van der Waals surface area contributed by atoms with E-state index in [-0.39, 0.29) is 11.7 Å². The Bertz CT molecular complexity index is 1240. The lowest BCUT2D eigenvalue weighted by Gasteiger charge is -2.12. The molecule has 2 N–H and O–H groups in total. The zero-order valence-corrected chi connectivity index (χ0v) is 20.1. The largest absolute Gasteiger partial charge is 0.378 e. The average molecular weight is 498 g/mol. The van der Waals surface area contributed by atoms with Crippen LogP contribution in [0.25, 0.3) is 5.69 Å². The van der Waals surface area contributed by atoms with Crippen LogP contribution in [0.2, 0.25) is 10.0 Å². The molecule has 6 nitrogen and oxygen atoms in total. The van der Waals surface area contributed by atoms with Gasteiger partial charge in [-0.25, -0.2) is 0 Å². The lowest BCUT2D eigenvalue weighted by Crippen LogP contribution is -2.14. The van der Waals surface area contributed by atoms with E-state index in [1.165, 1.54) is 11.8 Å². The SMILES string of the molecule is Cc1ccc(-n2c(CNc3cccc(Cl)c3)nnc2SCC(=O)Nc2ccc(Cl)cc2)cc1. The van der Waals surface area contributed by atoms with Crippen molar-refractivity contribution in [1.29, 1.82) is 0 Å². The van der Waals surface area contributed by atoms with E-state index in [9.17, 15) is 4.79 Å². The third kappa shape index (κ3) is 6.28. The molecule has 0 unspecified atom stereocenters. The van der Waals surface area contributed by atoms with Crippen LogP contribution in [0.5, 0.6) is 0 Å². The van der Waals surface area contributed by atoms with E-state index in [4.69, 9.17) is 23.2 Å². The maximum atomic E-state index is 12.5. The highest BCUT2D eigenvalue weighted by molar-refractivity contribution is 7.99. The molecule has 0 bridgehead atoms. The zero-order valence-electron chi connectivity index (χ0n) is 17.8. The van der Waals surface area contributed by atoms with Crippen molar-refractivity contribution >= 4 is 52.2 Å². The lowest BCUT2D eigenvalue weighted by molar-refractivity contribution is -0.113. The zero-order chi connectivity index (χ0) is 23.2. The number of hydrogen-bond acceptors (Lipinski definition) is 5. The molecule has 4 aromatic rings. The molecular formula is C24H21Cl2N5OS. The van der Waals surface area contributed by atoms with Crippen LogP contribution in [0.1, 0.15) is 11.4 Å². The minimum absolute atomic E-state index is 0.139. The summed E-state index contributed by atoms with van der Waals surface area (Å²) in [4.78, 5) is 12.5. The third-order valence-corrected chi connectivity index (χ3v) is 6.14. The number of aryl methyl sites for hydroxylation is 1. The summed E-state index contributed by atoms with van der Waals surface area (Å²) < 4.78 is 1.96. The molecule has 0 saturated carbocycles. The number of nitrogens with one attached hydrogen (secondary N) is 2. The Morgan fingerprint density at radius 1 is 0.939 bits per heavy atom. The van der Waals surface area contributed by atoms with E-state index in [2.05, 4.69) is 20.8 Å². The first-order valence-electron chi connectivity index (χ1n) is 10.2. The summed E-state index contributed by atoms with van der Waals surface area (Å²) >= 11 is 13.3. The summed E-state index contributed by atoms with van der Waals surface area (Å²) in [5, 5.41) is 16.8. The number of nitrogens with zero attached hydrogens (tertiary/aromatic N) is 3. The fourth-order valence-corrected chi connectivity index (χ4v) is 4.19. The summed E-state index contributed by atoms with van der Waals surface area (Å²) in [6, 6.07) is 22.6. The molecule has 168 valence electrons. The van der Waals surface area contributed by atoms with E-state index in [1.54, 1.807) is 24.3 Å². The number of carbonyl (C=O) groups is 1. The Balaban J connectivity index is 1.51. The lowest BCUT2D eigenvalue weighted by atomic mass is 10.2. The first-order valence-corrected chi connectivity index (χ1v) is 11.9. The number of halogens is 2. The summed E-state index contributed by atoms with van der Waals surface area (Å²) in [7, 11) is 0. The summed E-state index contributed by atoms with van der Waals surface area (Å²) in [5.41, 5.74) is 3.66. The fraction of sp³-hybridized carbons (Fsp3) is 0.125. The van der Waals surface area contributed by atoms with Crippen molar-refractivity contribution in [2.45, 2.75) is 18.6 Å². The van der Waals surface area contributed by atoms with Crippen LogP contribution in [-0.4, -0.2) is 26.4 Å². The van der Waals surface area contributed by atoms with E-state index in [0.717, 1.165) is 22.8 Å². The van der Waals surface area contributed by atoms with Gasteiger partial charge in [-0.1, -0.05) is 58.7 Å².